The molecule has 112 valence electrons. The summed E-state index contributed by atoms with van der Waals surface area (Å²) in [5.41, 5.74) is 0.583. The lowest BCUT2D eigenvalue weighted by Gasteiger charge is -2.31. The molecule has 0 bridgehead atoms. The van der Waals surface area contributed by atoms with Gasteiger partial charge in [-0.1, -0.05) is 29.3 Å². The zero-order valence-corrected chi connectivity index (χ0v) is 12.0. The topological polar surface area (TPSA) is 79.2 Å². The van der Waals surface area contributed by atoms with Crippen molar-refractivity contribution in [3.05, 3.63) is 33.8 Å². The molecule has 1 unspecified atom stereocenters. The average Bonchev–Trinajstić information content (AvgIpc) is 2.68. The molecule has 1 fully saturated rings. The highest BCUT2D eigenvalue weighted by Gasteiger charge is 2.54. The van der Waals surface area contributed by atoms with Crippen LogP contribution < -0.4 is 0 Å². The van der Waals surface area contributed by atoms with Gasteiger partial charge in [-0.3, -0.25) is 0 Å². The third-order valence-electron chi connectivity index (χ3n) is 3.38. The van der Waals surface area contributed by atoms with Crippen LogP contribution in [0.15, 0.2) is 18.2 Å². The van der Waals surface area contributed by atoms with Gasteiger partial charge >= 0.3 is 0 Å². The standard InChI is InChI=1S/C13H16Cl2O5/c1-19-13(12(18)11(17)10(6-16)20-13)5-7-2-3-8(14)4-9(7)15/h2-4,10-12,16-18H,5-6H2,1H3/t10-,11-,12-,13?/m1/s1/i1D. The Hall–Kier alpha value is -0.400. The van der Waals surface area contributed by atoms with E-state index in [1.54, 1.807) is 12.1 Å². The molecule has 0 amide bonds. The molecule has 2 rings (SSSR count). The van der Waals surface area contributed by atoms with Gasteiger partial charge in [-0.15, -0.1) is 0 Å². The van der Waals surface area contributed by atoms with Crippen LogP contribution in [-0.4, -0.2) is 53.1 Å². The van der Waals surface area contributed by atoms with Crippen molar-refractivity contribution in [3.8, 4) is 0 Å². The lowest BCUT2D eigenvalue weighted by Crippen LogP contribution is -2.46. The van der Waals surface area contributed by atoms with Gasteiger partial charge in [0.15, 0.2) is 0 Å². The van der Waals surface area contributed by atoms with Crippen LogP contribution >= 0.6 is 23.2 Å². The molecule has 1 aromatic carbocycles. The molecule has 5 nitrogen and oxygen atoms in total. The fourth-order valence-corrected chi connectivity index (χ4v) is 2.73. The molecule has 1 heterocycles. The Bertz CT molecular complexity index is 503. The molecule has 3 N–H and O–H groups in total. The Kier molecular flexibility index (Phi) is 4.47. The van der Waals surface area contributed by atoms with E-state index in [1.165, 1.54) is 6.07 Å². The smallest absolute Gasteiger partial charge is 0.201 e. The zero-order valence-electron chi connectivity index (χ0n) is 11.5. The van der Waals surface area contributed by atoms with E-state index in [0.717, 1.165) is 0 Å². The van der Waals surface area contributed by atoms with Gasteiger partial charge in [0, 0.05) is 23.6 Å². The van der Waals surface area contributed by atoms with Crippen LogP contribution in [0.3, 0.4) is 0 Å². The number of rotatable bonds is 4. The predicted octanol–water partition coefficient (Wildman–Crippen LogP) is 0.991. The average molecular weight is 324 g/mol. The van der Waals surface area contributed by atoms with Crippen LogP contribution in [0.1, 0.15) is 6.93 Å². The van der Waals surface area contributed by atoms with Crippen molar-refractivity contribution >= 4 is 23.2 Å². The summed E-state index contributed by atoms with van der Waals surface area (Å²) in [7, 11) is -0.479. The van der Waals surface area contributed by atoms with Crippen LogP contribution in [0.4, 0.5) is 0 Å². The SMILES string of the molecule is [2H]COC1(Cc2ccc(Cl)cc2Cl)O[C@H](CO)[C@@H](O)[C@H]1O. The van der Waals surface area contributed by atoms with E-state index in [1.807, 2.05) is 0 Å². The van der Waals surface area contributed by atoms with E-state index in [9.17, 15) is 10.2 Å². The minimum Gasteiger partial charge on any atom is -0.394 e. The predicted molar refractivity (Wildman–Crippen MR) is 73.9 cm³/mol. The van der Waals surface area contributed by atoms with Crippen molar-refractivity contribution in [2.24, 2.45) is 0 Å². The van der Waals surface area contributed by atoms with Gasteiger partial charge < -0.3 is 24.8 Å². The molecule has 20 heavy (non-hydrogen) atoms. The van der Waals surface area contributed by atoms with E-state index in [2.05, 4.69) is 0 Å². The number of hydrogen-bond acceptors (Lipinski definition) is 5. The van der Waals surface area contributed by atoms with Gasteiger partial charge in [-0.2, -0.15) is 0 Å². The highest BCUT2D eigenvalue weighted by Crippen LogP contribution is 2.36. The normalized spacial score (nSPS) is 34.2. The molecule has 1 aliphatic heterocycles. The number of ether oxygens (including phenoxy) is 2. The summed E-state index contributed by atoms with van der Waals surface area (Å²) in [6.45, 7) is -0.477. The maximum Gasteiger partial charge on any atom is 0.201 e. The van der Waals surface area contributed by atoms with E-state index < -0.39 is 37.8 Å². The Morgan fingerprint density at radius 2 is 2.20 bits per heavy atom. The molecule has 0 spiro atoms. The van der Waals surface area contributed by atoms with Crippen LogP contribution in [-0.2, 0) is 15.9 Å². The summed E-state index contributed by atoms with van der Waals surface area (Å²) >= 11 is 11.9. The number of benzene rings is 1. The molecule has 0 aliphatic carbocycles. The maximum absolute atomic E-state index is 10.2. The van der Waals surface area contributed by atoms with Crippen LogP contribution in [0.5, 0.6) is 0 Å². The molecule has 1 saturated heterocycles. The van der Waals surface area contributed by atoms with Crippen molar-refractivity contribution in [1.82, 2.24) is 0 Å². The van der Waals surface area contributed by atoms with Gasteiger partial charge in [-0.05, 0) is 17.7 Å². The van der Waals surface area contributed by atoms with Crippen molar-refractivity contribution in [2.75, 3.05) is 13.7 Å². The molecule has 1 aromatic rings. The number of halogens is 2. The van der Waals surface area contributed by atoms with E-state index >= 15 is 0 Å². The highest BCUT2D eigenvalue weighted by molar-refractivity contribution is 6.35. The fraction of sp³-hybridized carbons (Fsp3) is 0.538. The van der Waals surface area contributed by atoms with Crippen molar-refractivity contribution in [2.45, 2.75) is 30.5 Å². The Morgan fingerprint density at radius 1 is 1.45 bits per heavy atom. The van der Waals surface area contributed by atoms with E-state index in [-0.39, 0.29) is 6.42 Å². The summed E-state index contributed by atoms with van der Waals surface area (Å²) in [5, 5.41) is 30.0. The molecular weight excluding hydrogens is 307 g/mol. The van der Waals surface area contributed by atoms with Gasteiger partial charge in [0.05, 0.1) is 7.98 Å². The lowest BCUT2D eigenvalue weighted by atomic mass is 9.98. The van der Waals surface area contributed by atoms with Crippen LogP contribution in [0.25, 0.3) is 0 Å². The van der Waals surface area contributed by atoms with Crippen molar-refractivity contribution < 1.29 is 26.2 Å². The first-order valence-corrected chi connectivity index (χ1v) is 6.71. The van der Waals surface area contributed by atoms with Crippen molar-refractivity contribution in [1.29, 1.82) is 0 Å². The molecule has 0 saturated carbocycles. The Labute approximate surface area is 128 Å². The second kappa shape index (κ2) is 6.15. The second-order valence-electron chi connectivity index (χ2n) is 4.64. The first kappa shape index (κ1) is 14.5. The summed E-state index contributed by atoms with van der Waals surface area (Å²) in [6, 6.07) is 4.81. The summed E-state index contributed by atoms with van der Waals surface area (Å²) < 4.78 is 17.9. The van der Waals surface area contributed by atoms with Gasteiger partial charge in [0.1, 0.15) is 18.3 Å². The van der Waals surface area contributed by atoms with E-state index in [0.29, 0.717) is 15.6 Å². The molecule has 1 aliphatic rings. The summed E-state index contributed by atoms with van der Waals surface area (Å²) in [6.07, 6.45) is -3.70. The molecule has 4 atom stereocenters. The van der Waals surface area contributed by atoms with Crippen molar-refractivity contribution in [3.63, 3.8) is 0 Å². The maximum atomic E-state index is 10.2. The molecule has 0 aromatic heterocycles. The van der Waals surface area contributed by atoms with Crippen LogP contribution in [0, 0.1) is 0 Å². The quantitative estimate of drug-likeness (QED) is 0.770. The second-order valence-corrected chi connectivity index (χ2v) is 5.49. The number of aliphatic hydroxyl groups excluding tert-OH is 3. The van der Waals surface area contributed by atoms with Crippen LogP contribution in [0.2, 0.25) is 10.0 Å². The highest BCUT2D eigenvalue weighted by atomic mass is 35.5. The molecule has 0 radical (unpaired) electrons. The Balaban J connectivity index is 2.30. The Morgan fingerprint density at radius 3 is 2.75 bits per heavy atom. The third-order valence-corrected chi connectivity index (χ3v) is 3.97. The first-order valence-electron chi connectivity index (χ1n) is 6.66. The third kappa shape index (κ3) is 2.80. The minimum atomic E-state index is -1.63. The number of aliphatic hydroxyl groups is 3. The first-order chi connectivity index (χ1) is 9.93. The molecular formula is C13H16Cl2O5. The number of hydrogen-bond donors (Lipinski definition) is 3. The van der Waals surface area contributed by atoms with Gasteiger partial charge in [0.25, 0.3) is 0 Å². The summed E-state index contributed by atoms with van der Waals surface area (Å²) in [4.78, 5) is 0. The fourth-order valence-electron chi connectivity index (χ4n) is 2.25. The summed E-state index contributed by atoms with van der Waals surface area (Å²) in [5.74, 6) is -1.63. The molecule has 7 heteroatoms. The van der Waals surface area contributed by atoms with E-state index in [4.69, 9.17) is 39.2 Å². The minimum absolute atomic E-state index is 0.0105. The number of methoxy groups -OCH3 is 1. The van der Waals surface area contributed by atoms with Gasteiger partial charge in [0.2, 0.25) is 5.79 Å². The monoisotopic (exact) mass is 323 g/mol. The van der Waals surface area contributed by atoms with Gasteiger partial charge in [-0.25, -0.2) is 0 Å². The largest absolute Gasteiger partial charge is 0.394 e. The lowest BCUT2D eigenvalue weighted by molar-refractivity contribution is -0.246. The zero-order chi connectivity index (χ0) is 15.6.